The minimum absolute atomic E-state index is 0.187. The van der Waals surface area contributed by atoms with Crippen LogP contribution in [0.5, 0.6) is 0 Å². The summed E-state index contributed by atoms with van der Waals surface area (Å²) in [4.78, 5) is 4.74. The van der Waals surface area contributed by atoms with Crippen LogP contribution in [0.1, 0.15) is 13.8 Å². The molecular weight excluding hydrogens is 178 g/mol. The summed E-state index contributed by atoms with van der Waals surface area (Å²) in [7, 11) is 0. The van der Waals surface area contributed by atoms with Crippen molar-refractivity contribution in [3.05, 3.63) is 0 Å². The van der Waals surface area contributed by atoms with Gasteiger partial charge in [0.25, 0.3) is 0 Å². The predicted octanol–water partition coefficient (Wildman–Crippen LogP) is -0.666. The first-order valence-corrected chi connectivity index (χ1v) is 5.38. The van der Waals surface area contributed by atoms with Crippen LogP contribution in [-0.4, -0.2) is 66.3 Å². The first kappa shape index (κ1) is 11.9. The fourth-order valence-electron chi connectivity index (χ4n) is 2.19. The Morgan fingerprint density at radius 3 is 2.50 bits per heavy atom. The maximum atomic E-state index is 8.88. The van der Waals surface area contributed by atoms with Crippen LogP contribution in [0, 0.1) is 0 Å². The third-order valence-electron chi connectivity index (χ3n) is 2.97. The summed E-state index contributed by atoms with van der Waals surface area (Å²) in [5.41, 5.74) is 5.77. The lowest BCUT2D eigenvalue weighted by molar-refractivity contribution is 0.0157. The van der Waals surface area contributed by atoms with Crippen LogP contribution in [0.2, 0.25) is 0 Å². The van der Waals surface area contributed by atoms with Crippen LogP contribution in [0.3, 0.4) is 0 Å². The fourth-order valence-corrected chi connectivity index (χ4v) is 2.19. The molecule has 14 heavy (non-hydrogen) atoms. The van der Waals surface area contributed by atoms with Crippen molar-refractivity contribution in [2.45, 2.75) is 19.4 Å². The van der Waals surface area contributed by atoms with E-state index in [-0.39, 0.29) is 12.1 Å². The molecule has 1 fully saturated rings. The van der Waals surface area contributed by atoms with E-state index >= 15 is 0 Å². The Balaban J connectivity index is 2.47. The molecular formula is C10H23N3O. The number of hydrogen-bond acceptors (Lipinski definition) is 4. The van der Waals surface area contributed by atoms with Gasteiger partial charge in [-0.3, -0.25) is 9.80 Å². The van der Waals surface area contributed by atoms with E-state index in [0.29, 0.717) is 0 Å². The van der Waals surface area contributed by atoms with Gasteiger partial charge < -0.3 is 10.8 Å². The van der Waals surface area contributed by atoms with Crippen LogP contribution in [0.25, 0.3) is 0 Å². The van der Waals surface area contributed by atoms with Crippen molar-refractivity contribution in [1.29, 1.82) is 0 Å². The molecule has 0 atom stereocenters. The highest BCUT2D eigenvalue weighted by molar-refractivity contribution is 4.89. The molecule has 0 bridgehead atoms. The molecule has 0 aromatic carbocycles. The summed E-state index contributed by atoms with van der Waals surface area (Å²) in [6, 6.07) is 0. The second-order valence-electron chi connectivity index (χ2n) is 4.59. The Morgan fingerprint density at radius 1 is 1.29 bits per heavy atom. The van der Waals surface area contributed by atoms with E-state index in [2.05, 4.69) is 23.6 Å². The second-order valence-corrected chi connectivity index (χ2v) is 4.59. The highest BCUT2D eigenvalue weighted by Gasteiger charge is 2.32. The van der Waals surface area contributed by atoms with Crippen molar-refractivity contribution in [2.75, 3.05) is 45.9 Å². The van der Waals surface area contributed by atoms with Gasteiger partial charge in [-0.2, -0.15) is 0 Å². The standard InChI is InChI=1S/C10H23N3O/c1-10(2)9-12(7-8-14)5-6-13(10)4-3-11/h14H,3-9,11H2,1-2H3. The Kier molecular flexibility index (Phi) is 4.31. The monoisotopic (exact) mass is 201 g/mol. The smallest absolute Gasteiger partial charge is 0.0558 e. The van der Waals surface area contributed by atoms with E-state index in [1.807, 2.05) is 0 Å². The Hall–Kier alpha value is -0.160. The fraction of sp³-hybridized carbons (Fsp3) is 1.00. The molecule has 4 heteroatoms. The molecule has 0 aromatic rings. The minimum atomic E-state index is 0.187. The predicted molar refractivity (Wildman–Crippen MR) is 58.2 cm³/mol. The van der Waals surface area contributed by atoms with Gasteiger partial charge in [-0.15, -0.1) is 0 Å². The quantitative estimate of drug-likeness (QED) is 0.634. The number of hydrogen-bond donors (Lipinski definition) is 2. The molecule has 0 spiro atoms. The SMILES string of the molecule is CC1(C)CN(CCO)CCN1CCN. The molecule has 1 rings (SSSR count). The molecule has 1 aliphatic heterocycles. The molecule has 0 saturated carbocycles. The molecule has 0 unspecified atom stereocenters. The van der Waals surface area contributed by atoms with Crippen LogP contribution in [0.4, 0.5) is 0 Å². The van der Waals surface area contributed by atoms with Gasteiger partial charge in [0.05, 0.1) is 6.61 Å². The van der Waals surface area contributed by atoms with E-state index in [9.17, 15) is 0 Å². The first-order valence-electron chi connectivity index (χ1n) is 5.38. The van der Waals surface area contributed by atoms with Gasteiger partial charge in [-0.1, -0.05) is 0 Å². The van der Waals surface area contributed by atoms with Crippen molar-refractivity contribution >= 4 is 0 Å². The summed E-state index contributed by atoms with van der Waals surface area (Å²) >= 11 is 0. The number of nitrogens with zero attached hydrogens (tertiary/aromatic N) is 2. The van der Waals surface area contributed by atoms with Crippen LogP contribution in [0.15, 0.2) is 0 Å². The Bertz CT molecular complexity index is 173. The number of β-amino-alcohol motifs (C(OH)–C–C–N with tert-alkyl or cyclic N) is 1. The number of rotatable bonds is 4. The first-order chi connectivity index (χ1) is 6.60. The zero-order valence-corrected chi connectivity index (χ0v) is 9.37. The summed E-state index contributed by atoms with van der Waals surface area (Å²) in [5, 5.41) is 8.88. The topological polar surface area (TPSA) is 52.7 Å². The molecule has 3 N–H and O–H groups in total. The lowest BCUT2D eigenvalue weighted by atomic mass is 9.99. The summed E-state index contributed by atoms with van der Waals surface area (Å²) in [6.07, 6.45) is 0. The average molecular weight is 201 g/mol. The Labute approximate surface area is 86.7 Å². The lowest BCUT2D eigenvalue weighted by Crippen LogP contribution is -2.60. The highest BCUT2D eigenvalue weighted by atomic mass is 16.3. The molecule has 0 radical (unpaired) electrons. The second kappa shape index (κ2) is 5.07. The van der Waals surface area contributed by atoms with Crippen molar-refractivity contribution in [2.24, 2.45) is 5.73 Å². The van der Waals surface area contributed by atoms with Crippen molar-refractivity contribution in [3.8, 4) is 0 Å². The van der Waals surface area contributed by atoms with E-state index in [1.165, 1.54) is 0 Å². The zero-order valence-electron chi connectivity index (χ0n) is 9.37. The van der Waals surface area contributed by atoms with Gasteiger partial charge in [-0.25, -0.2) is 0 Å². The number of nitrogens with two attached hydrogens (primary N) is 1. The molecule has 1 saturated heterocycles. The van der Waals surface area contributed by atoms with Gasteiger partial charge in [0.15, 0.2) is 0 Å². The molecule has 0 amide bonds. The molecule has 1 heterocycles. The van der Waals surface area contributed by atoms with Crippen molar-refractivity contribution < 1.29 is 5.11 Å². The number of aliphatic hydroxyl groups excluding tert-OH is 1. The van der Waals surface area contributed by atoms with Crippen molar-refractivity contribution in [1.82, 2.24) is 9.80 Å². The van der Waals surface area contributed by atoms with Crippen molar-refractivity contribution in [3.63, 3.8) is 0 Å². The van der Waals surface area contributed by atoms with Gasteiger partial charge >= 0.3 is 0 Å². The molecule has 84 valence electrons. The van der Waals surface area contributed by atoms with E-state index in [1.54, 1.807) is 0 Å². The summed E-state index contributed by atoms with van der Waals surface area (Å²) < 4.78 is 0. The van der Waals surface area contributed by atoms with Gasteiger partial charge in [0.2, 0.25) is 0 Å². The maximum absolute atomic E-state index is 8.88. The molecule has 1 aliphatic rings. The maximum Gasteiger partial charge on any atom is 0.0558 e. The molecule has 0 aromatic heterocycles. The van der Waals surface area contributed by atoms with Gasteiger partial charge in [-0.05, 0) is 13.8 Å². The number of aliphatic hydroxyl groups is 1. The van der Waals surface area contributed by atoms with Crippen LogP contribution < -0.4 is 5.73 Å². The normalized spacial score (nSPS) is 24.0. The largest absolute Gasteiger partial charge is 0.395 e. The van der Waals surface area contributed by atoms with E-state index in [0.717, 1.165) is 39.3 Å². The van der Waals surface area contributed by atoms with Crippen LogP contribution in [-0.2, 0) is 0 Å². The Morgan fingerprint density at radius 2 is 2.00 bits per heavy atom. The van der Waals surface area contributed by atoms with E-state index in [4.69, 9.17) is 10.8 Å². The summed E-state index contributed by atoms with van der Waals surface area (Å²) in [5.74, 6) is 0. The molecule has 0 aliphatic carbocycles. The lowest BCUT2D eigenvalue weighted by Gasteiger charge is -2.47. The van der Waals surface area contributed by atoms with Gasteiger partial charge in [0.1, 0.15) is 0 Å². The number of piperazine rings is 1. The van der Waals surface area contributed by atoms with Crippen LogP contribution >= 0.6 is 0 Å². The average Bonchev–Trinajstić information content (AvgIpc) is 2.10. The van der Waals surface area contributed by atoms with Gasteiger partial charge in [0, 0.05) is 44.8 Å². The zero-order chi connectivity index (χ0) is 10.6. The third kappa shape index (κ3) is 2.92. The third-order valence-corrected chi connectivity index (χ3v) is 2.97. The summed E-state index contributed by atoms with van der Waals surface area (Å²) in [6.45, 7) is 10.4. The van der Waals surface area contributed by atoms with E-state index < -0.39 is 0 Å². The molecule has 4 nitrogen and oxygen atoms in total. The minimum Gasteiger partial charge on any atom is -0.395 e. The highest BCUT2D eigenvalue weighted by Crippen LogP contribution is 2.19.